The van der Waals surface area contributed by atoms with Crippen LogP contribution in [-0.4, -0.2) is 18.1 Å². The van der Waals surface area contributed by atoms with Crippen LogP contribution in [0.3, 0.4) is 0 Å². The summed E-state index contributed by atoms with van der Waals surface area (Å²) in [6.45, 7) is 3.73. The zero-order chi connectivity index (χ0) is 22.0. The molecule has 0 amide bonds. The zero-order valence-corrected chi connectivity index (χ0v) is 18.8. The average Bonchev–Trinajstić information content (AvgIpc) is 2.83. The molecule has 3 heteroatoms. The van der Waals surface area contributed by atoms with E-state index < -0.39 is 0 Å². The molecule has 32 heavy (non-hydrogen) atoms. The Morgan fingerprint density at radius 1 is 0.688 bits per heavy atom. The molecule has 0 aliphatic heterocycles. The van der Waals surface area contributed by atoms with Gasteiger partial charge in [0.25, 0.3) is 0 Å². The number of ether oxygens (including phenoxy) is 1. The second-order valence-electron chi connectivity index (χ2n) is 9.10. The van der Waals surface area contributed by atoms with Crippen LogP contribution >= 0.6 is 0 Å². The maximum absolute atomic E-state index is 13.7. The Morgan fingerprint density at radius 3 is 1.81 bits per heavy atom. The summed E-state index contributed by atoms with van der Waals surface area (Å²) in [6.07, 6.45) is 6.04. The Morgan fingerprint density at radius 2 is 1.22 bits per heavy atom. The van der Waals surface area contributed by atoms with Gasteiger partial charge in [-0.15, -0.1) is 0 Å². The number of nitrogens with zero attached hydrogens (tertiary/aromatic N) is 1. The SMILES string of the molecule is Fc1ccccc1OCCC1CCC(CN(Cc2ccccc2)Cc2ccccc2)CC1. The third-order valence-corrected chi connectivity index (χ3v) is 6.60. The maximum Gasteiger partial charge on any atom is 0.165 e. The molecule has 168 valence electrons. The summed E-state index contributed by atoms with van der Waals surface area (Å²) < 4.78 is 19.4. The highest BCUT2D eigenvalue weighted by atomic mass is 19.1. The van der Waals surface area contributed by atoms with Crippen molar-refractivity contribution < 1.29 is 9.13 Å². The monoisotopic (exact) mass is 431 g/mol. The van der Waals surface area contributed by atoms with Gasteiger partial charge in [-0.1, -0.05) is 85.6 Å². The molecule has 1 saturated carbocycles. The molecule has 3 aromatic rings. The lowest BCUT2D eigenvalue weighted by molar-refractivity contribution is 0.157. The van der Waals surface area contributed by atoms with Crippen molar-refractivity contribution in [3.05, 3.63) is 102 Å². The first-order chi connectivity index (χ1) is 15.8. The lowest BCUT2D eigenvalue weighted by atomic mass is 9.80. The molecule has 0 heterocycles. The number of benzene rings is 3. The van der Waals surface area contributed by atoms with Gasteiger partial charge in [-0.3, -0.25) is 4.90 Å². The van der Waals surface area contributed by atoms with Crippen LogP contribution in [-0.2, 0) is 13.1 Å². The zero-order valence-electron chi connectivity index (χ0n) is 18.8. The largest absolute Gasteiger partial charge is 0.491 e. The summed E-state index contributed by atoms with van der Waals surface area (Å²) in [6, 6.07) is 28.3. The molecular formula is C29H34FNO. The van der Waals surface area contributed by atoms with E-state index in [1.54, 1.807) is 12.1 Å². The molecule has 0 radical (unpaired) electrons. The van der Waals surface area contributed by atoms with Crippen molar-refractivity contribution in [2.24, 2.45) is 11.8 Å². The van der Waals surface area contributed by atoms with Crippen molar-refractivity contribution >= 4 is 0 Å². The van der Waals surface area contributed by atoms with E-state index in [2.05, 4.69) is 65.6 Å². The third kappa shape index (κ3) is 6.93. The first kappa shape index (κ1) is 22.5. The van der Waals surface area contributed by atoms with Gasteiger partial charge in [0.05, 0.1) is 6.61 Å². The van der Waals surface area contributed by atoms with E-state index >= 15 is 0 Å². The molecule has 0 N–H and O–H groups in total. The van der Waals surface area contributed by atoms with Crippen LogP contribution in [0.5, 0.6) is 5.75 Å². The molecular weight excluding hydrogens is 397 g/mol. The van der Waals surface area contributed by atoms with Gasteiger partial charge in [0, 0.05) is 19.6 Å². The van der Waals surface area contributed by atoms with Gasteiger partial charge < -0.3 is 4.74 Å². The number of hydrogen-bond donors (Lipinski definition) is 0. The molecule has 1 fully saturated rings. The van der Waals surface area contributed by atoms with E-state index in [9.17, 15) is 4.39 Å². The van der Waals surface area contributed by atoms with Crippen molar-refractivity contribution in [2.45, 2.75) is 45.2 Å². The van der Waals surface area contributed by atoms with Gasteiger partial charge >= 0.3 is 0 Å². The highest BCUT2D eigenvalue weighted by molar-refractivity contribution is 5.23. The Labute approximate surface area is 192 Å². The second-order valence-corrected chi connectivity index (χ2v) is 9.10. The highest BCUT2D eigenvalue weighted by Gasteiger charge is 2.23. The third-order valence-electron chi connectivity index (χ3n) is 6.60. The van der Waals surface area contributed by atoms with Gasteiger partial charge in [0.1, 0.15) is 0 Å². The van der Waals surface area contributed by atoms with Crippen molar-refractivity contribution in [3.63, 3.8) is 0 Å². The second kappa shape index (κ2) is 11.8. The summed E-state index contributed by atoms with van der Waals surface area (Å²) in [5.74, 6) is 1.53. The summed E-state index contributed by atoms with van der Waals surface area (Å²) in [5, 5.41) is 0. The summed E-state index contributed by atoms with van der Waals surface area (Å²) in [4.78, 5) is 2.61. The predicted molar refractivity (Wildman–Crippen MR) is 129 cm³/mol. The van der Waals surface area contributed by atoms with Crippen LogP contribution in [0.2, 0.25) is 0 Å². The van der Waals surface area contributed by atoms with Gasteiger partial charge in [-0.05, 0) is 54.4 Å². The number of para-hydroxylation sites is 1. The highest BCUT2D eigenvalue weighted by Crippen LogP contribution is 2.32. The Hall–Kier alpha value is -2.65. The minimum atomic E-state index is -0.270. The summed E-state index contributed by atoms with van der Waals surface area (Å²) in [5.41, 5.74) is 2.75. The van der Waals surface area contributed by atoms with Crippen LogP contribution in [0.25, 0.3) is 0 Å². The van der Waals surface area contributed by atoms with Gasteiger partial charge in [0.15, 0.2) is 11.6 Å². The van der Waals surface area contributed by atoms with Crippen molar-refractivity contribution in [2.75, 3.05) is 13.2 Å². The average molecular weight is 432 g/mol. The molecule has 1 aliphatic carbocycles. The number of hydrogen-bond acceptors (Lipinski definition) is 2. The fourth-order valence-corrected chi connectivity index (χ4v) is 4.83. The molecule has 0 aromatic heterocycles. The van der Waals surface area contributed by atoms with Crippen molar-refractivity contribution in [1.82, 2.24) is 4.90 Å². The lowest BCUT2D eigenvalue weighted by Crippen LogP contribution is -2.31. The molecule has 0 bridgehead atoms. The molecule has 0 unspecified atom stereocenters. The van der Waals surface area contributed by atoms with Crippen LogP contribution in [0.4, 0.5) is 4.39 Å². The van der Waals surface area contributed by atoms with Crippen LogP contribution in [0.15, 0.2) is 84.9 Å². The number of halogens is 1. The Bertz CT molecular complexity index is 881. The fourth-order valence-electron chi connectivity index (χ4n) is 4.83. The van der Waals surface area contributed by atoms with E-state index in [-0.39, 0.29) is 5.82 Å². The quantitative estimate of drug-likeness (QED) is 0.339. The van der Waals surface area contributed by atoms with E-state index in [1.807, 2.05) is 6.07 Å². The smallest absolute Gasteiger partial charge is 0.165 e. The number of rotatable bonds is 10. The predicted octanol–water partition coefficient (Wildman–Crippen LogP) is 7.10. The van der Waals surface area contributed by atoms with Gasteiger partial charge in [-0.2, -0.15) is 0 Å². The molecule has 0 spiro atoms. The molecule has 4 rings (SSSR count). The normalized spacial score (nSPS) is 18.6. The van der Waals surface area contributed by atoms with Crippen molar-refractivity contribution in [3.8, 4) is 5.75 Å². The fraction of sp³-hybridized carbons (Fsp3) is 0.379. The maximum atomic E-state index is 13.7. The first-order valence-electron chi connectivity index (χ1n) is 11.9. The van der Waals surface area contributed by atoms with E-state index in [4.69, 9.17) is 4.74 Å². The van der Waals surface area contributed by atoms with Crippen LogP contribution < -0.4 is 4.74 Å². The molecule has 3 aromatic carbocycles. The van der Waals surface area contributed by atoms with E-state index in [1.165, 1.54) is 42.9 Å². The molecule has 1 aliphatic rings. The van der Waals surface area contributed by atoms with Crippen LogP contribution in [0.1, 0.15) is 43.2 Å². The van der Waals surface area contributed by atoms with E-state index in [0.717, 1.165) is 32.0 Å². The standard InChI is InChI=1S/C29H34FNO/c30-28-13-7-8-14-29(28)32-20-19-24-15-17-27(18-16-24)23-31(21-25-9-3-1-4-10-25)22-26-11-5-2-6-12-26/h1-14,24,27H,15-23H2. The van der Waals surface area contributed by atoms with E-state index in [0.29, 0.717) is 18.3 Å². The topological polar surface area (TPSA) is 12.5 Å². The van der Waals surface area contributed by atoms with Gasteiger partial charge in [-0.25, -0.2) is 4.39 Å². The first-order valence-corrected chi connectivity index (χ1v) is 11.9. The summed E-state index contributed by atoms with van der Waals surface area (Å²) in [7, 11) is 0. The molecule has 0 saturated heterocycles. The lowest BCUT2D eigenvalue weighted by Gasteiger charge is -2.33. The molecule has 0 atom stereocenters. The Balaban J connectivity index is 1.25. The molecule has 2 nitrogen and oxygen atoms in total. The van der Waals surface area contributed by atoms with Crippen LogP contribution in [0, 0.1) is 17.7 Å². The minimum Gasteiger partial charge on any atom is -0.491 e. The Kier molecular flexibility index (Phi) is 8.33. The summed E-state index contributed by atoms with van der Waals surface area (Å²) >= 11 is 0. The van der Waals surface area contributed by atoms with Gasteiger partial charge in [0.2, 0.25) is 0 Å². The van der Waals surface area contributed by atoms with Crippen molar-refractivity contribution in [1.29, 1.82) is 0 Å². The minimum absolute atomic E-state index is 0.270.